The van der Waals surface area contributed by atoms with Crippen molar-refractivity contribution in [3.05, 3.63) is 16.1 Å². The van der Waals surface area contributed by atoms with Crippen LogP contribution in [-0.4, -0.2) is 17.7 Å². The Morgan fingerprint density at radius 3 is 2.93 bits per heavy atom. The van der Waals surface area contributed by atoms with Gasteiger partial charge < -0.3 is 14.6 Å². The standard InChI is InChI=1S/C9H7BrO4/c1-4(11)5-2-6-9(14-3-13-6)7(10)8(5)12/h2,12H,3H2,1H3. The fourth-order valence-corrected chi connectivity index (χ4v) is 1.78. The molecule has 74 valence electrons. The van der Waals surface area contributed by atoms with Crippen LogP contribution in [0.2, 0.25) is 0 Å². The van der Waals surface area contributed by atoms with Crippen molar-refractivity contribution < 1.29 is 19.4 Å². The smallest absolute Gasteiger partial charge is 0.231 e. The Balaban J connectivity index is 2.67. The highest BCUT2D eigenvalue weighted by Crippen LogP contribution is 2.46. The summed E-state index contributed by atoms with van der Waals surface area (Å²) >= 11 is 3.14. The molecule has 0 atom stereocenters. The summed E-state index contributed by atoms with van der Waals surface area (Å²) in [7, 11) is 0. The van der Waals surface area contributed by atoms with E-state index in [-0.39, 0.29) is 23.9 Å². The summed E-state index contributed by atoms with van der Waals surface area (Å²) in [5.74, 6) is 0.579. The zero-order valence-electron chi connectivity index (χ0n) is 7.33. The second kappa shape index (κ2) is 3.16. The second-order valence-electron chi connectivity index (χ2n) is 2.88. The molecule has 1 aliphatic rings. The Morgan fingerprint density at radius 1 is 1.57 bits per heavy atom. The normalized spacial score (nSPS) is 13.0. The van der Waals surface area contributed by atoms with E-state index in [0.717, 1.165) is 0 Å². The van der Waals surface area contributed by atoms with Crippen LogP contribution in [0.4, 0.5) is 0 Å². The maximum atomic E-state index is 11.1. The highest BCUT2D eigenvalue weighted by molar-refractivity contribution is 9.10. The Morgan fingerprint density at radius 2 is 2.29 bits per heavy atom. The number of phenols is 1. The number of benzene rings is 1. The van der Waals surface area contributed by atoms with Crippen LogP contribution in [0.1, 0.15) is 17.3 Å². The molecule has 0 saturated carbocycles. The van der Waals surface area contributed by atoms with Gasteiger partial charge in [-0.2, -0.15) is 0 Å². The number of halogens is 1. The molecule has 0 aliphatic carbocycles. The number of Topliss-reactive ketones (excluding diaryl/α,β-unsaturated/α-hetero) is 1. The van der Waals surface area contributed by atoms with Crippen LogP contribution in [0.15, 0.2) is 10.5 Å². The summed E-state index contributed by atoms with van der Waals surface area (Å²) in [5.41, 5.74) is 0.223. The van der Waals surface area contributed by atoms with Gasteiger partial charge in [0.2, 0.25) is 6.79 Å². The van der Waals surface area contributed by atoms with Crippen LogP contribution in [0.5, 0.6) is 17.2 Å². The zero-order chi connectivity index (χ0) is 10.3. The predicted octanol–water partition coefficient (Wildman–Crippen LogP) is 2.09. The Kier molecular flexibility index (Phi) is 2.11. The number of fused-ring (bicyclic) bond motifs is 1. The van der Waals surface area contributed by atoms with Crippen molar-refractivity contribution in [2.45, 2.75) is 6.92 Å². The number of carbonyl (C=O) groups is 1. The molecule has 0 saturated heterocycles. The lowest BCUT2D eigenvalue weighted by Gasteiger charge is -2.05. The number of phenolic OH excluding ortho intramolecular Hbond substituents is 1. The molecule has 0 fully saturated rings. The molecule has 0 spiro atoms. The Hall–Kier alpha value is -1.23. The summed E-state index contributed by atoms with van der Waals surface area (Å²) in [6.07, 6.45) is 0. The van der Waals surface area contributed by atoms with Crippen molar-refractivity contribution in [2.24, 2.45) is 0 Å². The molecule has 4 nitrogen and oxygen atoms in total. The summed E-state index contributed by atoms with van der Waals surface area (Å²) < 4.78 is 10.6. The van der Waals surface area contributed by atoms with E-state index in [2.05, 4.69) is 15.9 Å². The molecule has 0 radical (unpaired) electrons. The average molecular weight is 259 g/mol. The lowest BCUT2D eigenvalue weighted by atomic mass is 10.1. The molecule has 1 heterocycles. The molecule has 2 rings (SSSR count). The third kappa shape index (κ3) is 1.24. The molecule has 1 aromatic rings. The first-order valence-electron chi connectivity index (χ1n) is 3.93. The van der Waals surface area contributed by atoms with E-state index in [1.807, 2.05) is 0 Å². The molecule has 5 heteroatoms. The van der Waals surface area contributed by atoms with E-state index in [1.54, 1.807) is 0 Å². The fourth-order valence-electron chi connectivity index (χ4n) is 1.26. The first-order chi connectivity index (χ1) is 6.61. The van der Waals surface area contributed by atoms with Gasteiger partial charge in [0.1, 0.15) is 10.2 Å². The molecular formula is C9H7BrO4. The van der Waals surface area contributed by atoms with Crippen LogP contribution < -0.4 is 9.47 Å². The highest BCUT2D eigenvalue weighted by Gasteiger charge is 2.24. The lowest BCUT2D eigenvalue weighted by Crippen LogP contribution is -1.93. The van der Waals surface area contributed by atoms with Crippen LogP contribution in [0.25, 0.3) is 0 Å². The minimum Gasteiger partial charge on any atom is -0.506 e. The number of carbonyl (C=O) groups excluding carboxylic acids is 1. The summed E-state index contributed by atoms with van der Waals surface area (Å²) in [4.78, 5) is 11.1. The monoisotopic (exact) mass is 258 g/mol. The van der Waals surface area contributed by atoms with Crippen molar-refractivity contribution in [1.82, 2.24) is 0 Å². The van der Waals surface area contributed by atoms with E-state index in [4.69, 9.17) is 9.47 Å². The predicted molar refractivity (Wildman–Crippen MR) is 51.9 cm³/mol. The molecule has 0 amide bonds. The van der Waals surface area contributed by atoms with Crippen molar-refractivity contribution in [3.63, 3.8) is 0 Å². The molecule has 0 aromatic heterocycles. The first kappa shape index (κ1) is 9.33. The fraction of sp³-hybridized carbons (Fsp3) is 0.222. The van der Waals surface area contributed by atoms with Gasteiger partial charge >= 0.3 is 0 Å². The van der Waals surface area contributed by atoms with Gasteiger partial charge in [0.05, 0.1) is 5.56 Å². The minimum absolute atomic E-state index is 0.106. The molecule has 1 N–H and O–H groups in total. The second-order valence-corrected chi connectivity index (χ2v) is 3.67. The van der Waals surface area contributed by atoms with Gasteiger partial charge in [-0.15, -0.1) is 0 Å². The van der Waals surface area contributed by atoms with Crippen molar-refractivity contribution >= 4 is 21.7 Å². The van der Waals surface area contributed by atoms with E-state index in [1.165, 1.54) is 13.0 Å². The molecular weight excluding hydrogens is 252 g/mol. The van der Waals surface area contributed by atoms with Gasteiger partial charge in [-0.3, -0.25) is 4.79 Å². The average Bonchev–Trinajstić information content (AvgIpc) is 2.58. The SMILES string of the molecule is CC(=O)c1cc2c(c(Br)c1O)OCO2. The van der Waals surface area contributed by atoms with Crippen LogP contribution in [0.3, 0.4) is 0 Å². The van der Waals surface area contributed by atoms with Gasteiger partial charge in [0.25, 0.3) is 0 Å². The summed E-state index contributed by atoms with van der Waals surface area (Å²) in [6.45, 7) is 1.48. The third-order valence-electron chi connectivity index (χ3n) is 1.96. The molecule has 14 heavy (non-hydrogen) atoms. The largest absolute Gasteiger partial charge is 0.506 e. The van der Waals surface area contributed by atoms with Gasteiger partial charge in [-0.25, -0.2) is 0 Å². The van der Waals surface area contributed by atoms with E-state index in [9.17, 15) is 9.90 Å². The minimum atomic E-state index is -0.221. The van der Waals surface area contributed by atoms with Gasteiger partial charge in [-0.05, 0) is 28.9 Å². The van der Waals surface area contributed by atoms with Gasteiger partial charge in [-0.1, -0.05) is 0 Å². The zero-order valence-corrected chi connectivity index (χ0v) is 8.92. The van der Waals surface area contributed by atoms with Gasteiger partial charge in [0.15, 0.2) is 17.3 Å². The number of hydrogen-bond donors (Lipinski definition) is 1. The molecule has 0 bridgehead atoms. The van der Waals surface area contributed by atoms with Crippen LogP contribution >= 0.6 is 15.9 Å². The van der Waals surface area contributed by atoms with E-state index in [0.29, 0.717) is 16.0 Å². The maximum absolute atomic E-state index is 11.1. The summed E-state index contributed by atoms with van der Waals surface area (Å²) in [5, 5.41) is 9.63. The highest BCUT2D eigenvalue weighted by atomic mass is 79.9. The van der Waals surface area contributed by atoms with E-state index >= 15 is 0 Å². The lowest BCUT2D eigenvalue weighted by molar-refractivity contribution is 0.101. The third-order valence-corrected chi connectivity index (χ3v) is 2.69. The molecule has 1 aliphatic heterocycles. The Bertz CT molecular complexity index is 414. The molecule has 1 aromatic carbocycles. The number of rotatable bonds is 1. The quantitative estimate of drug-likeness (QED) is 0.784. The number of aromatic hydroxyl groups is 1. The van der Waals surface area contributed by atoms with E-state index < -0.39 is 0 Å². The van der Waals surface area contributed by atoms with Crippen LogP contribution in [0, 0.1) is 0 Å². The van der Waals surface area contributed by atoms with Crippen LogP contribution in [-0.2, 0) is 0 Å². The first-order valence-corrected chi connectivity index (χ1v) is 4.72. The number of hydrogen-bond acceptors (Lipinski definition) is 4. The Labute approximate surface area is 88.6 Å². The topological polar surface area (TPSA) is 55.8 Å². The van der Waals surface area contributed by atoms with Crippen molar-refractivity contribution in [1.29, 1.82) is 0 Å². The summed E-state index contributed by atoms with van der Waals surface area (Å²) in [6, 6.07) is 1.48. The van der Waals surface area contributed by atoms with Crippen molar-refractivity contribution in [3.8, 4) is 17.2 Å². The number of ketones is 1. The van der Waals surface area contributed by atoms with Crippen molar-refractivity contribution in [2.75, 3.05) is 6.79 Å². The van der Waals surface area contributed by atoms with Gasteiger partial charge in [0, 0.05) is 0 Å². The number of ether oxygens (including phenoxy) is 2. The maximum Gasteiger partial charge on any atom is 0.231 e. The molecule has 0 unspecified atom stereocenters.